The molecule has 2 aromatic heterocycles. The second kappa shape index (κ2) is 6.06. The molecule has 21 heavy (non-hydrogen) atoms. The summed E-state index contributed by atoms with van der Waals surface area (Å²) in [6, 6.07) is 15.0. The summed E-state index contributed by atoms with van der Waals surface area (Å²) >= 11 is 1.46. The van der Waals surface area contributed by atoms with Crippen molar-refractivity contribution in [3.63, 3.8) is 0 Å². The number of pyridine rings is 1. The first-order chi connectivity index (χ1) is 10.3. The molecule has 0 fully saturated rings. The van der Waals surface area contributed by atoms with Crippen molar-refractivity contribution < 1.29 is 4.79 Å². The van der Waals surface area contributed by atoms with Crippen LogP contribution >= 0.6 is 11.3 Å². The summed E-state index contributed by atoms with van der Waals surface area (Å²) in [7, 11) is 0. The lowest BCUT2D eigenvalue weighted by Gasteiger charge is -2.09. The number of benzene rings is 1. The standard InChI is InChI=1S/C17H15NO2S/c19-15(16-8-4-12-21-16)7-3-11-18-14-6-2-1-5-13(14)9-10-17(18)20/h1-2,4-6,8-10,12H,3,7,11H2. The Labute approximate surface area is 126 Å². The van der Waals surface area contributed by atoms with Gasteiger partial charge in [-0.25, -0.2) is 0 Å². The number of carbonyl (C=O) groups excluding carboxylic acids is 1. The number of hydrogen-bond acceptors (Lipinski definition) is 3. The van der Waals surface area contributed by atoms with Gasteiger partial charge in [0.25, 0.3) is 5.56 Å². The SMILES string of the molecule is O=C(CCCn1c(=O)ccc2ccccc21)c1cccs1. The number of aryl methyl sites for hydroxylation is 1. The van der Waals surface area contributed by atoms with E-state index in [-0.39, 0.29) is 11.3 Å². The summed E-state index contributed by atoms with van der Waals surface area (Å²) in [5.74, 6) is 0.151. The van der Waals surface area contributed by atoms with E-state index in [0.29, 0.717) is 19.4 Å². The van der Waals surface area contributed by atoms with Crippen LogP contribution in [0.2, 0.25) is 0 Å². The van der Waals surface area contributed by atoms with E-state index in [1.54, 1.807) is 10.6 Å². The summed E-state index contributed by atoms with van der Waals surface area (Å²) in [4.78, 5) is 24.8. The van der Waals surface area contributed by atoms with Gasteiger partial charge in [0, 0.05) is 19.0 Å². The van der Waals surface area contributed by atoms with Crippen LogP contribution in [0.4, 0.5) is 0 Å². The Hall–Kier alpha value is -2.20. The highest BCUT2D eigenvalue weighted by atomic mass is 32.1. The third-order valence-corrected chi connectivity index (χ3v) is 4.39. The van der Waals surface area contributed by atoms with E-state index >= 15 is 0 Å². The summed E-state index contributed by atoms with van der Waals surface area (Å²) in [5.41, 5.74) is 0.908. The lowest BCUT2D eigenvalue weighted by atomic mass is 10.1. The van der Waals surface area contributed by atoms with Crippen LogP contribution in [-0.2, 0) is 6.54 Å². The molecule has 0 radical (unpaired) electrons. The fraction of sp³-hybridized carbons (Fsp3) is 0.176. The van der Waals surface area contributed by atoms with E-state index in [1.807, 2.05) is 47.8 Å². The van der Waals surface area contributed by atoms with Crippen LogP contribution in [-0.4, -0.2) is 10.4 Å². The number of nitrogens with zero attached hydrogens (tertiary/aromatic N) is 1. The molecule has 0 N–H and O–H groups in total. The Morgan fingerprint density at radius 2 is 1.90 bits per heavy atom. The molecule has 106 valence electrons. The van der Waals surface area contributed by atoms with Gasteiger partial charge in [-0.3, -0.25) is 9.59 Å². The number of para-hydroxylation sites is 1. The normalized spacial score (nSPS) is 10.9. The van der Waals surface area contributed by atoms with Gasteiger partial charge in [0.2, 0.25) is 0 Å². The van der Waals surface area contributed by atoms with Gasteiger partial charge < -0.3 is 4.57 Å². The first kappa shape index (κ1) is 13.8. The fourth-order valence-electron chi connectivity index (χ4n) is 2.43. The van der Waals surface area contributed by atoms with Gasteiger partial charge in [-0.2, -0.15) is 0 Å². The molecule has 0 bridgehead atoms. The lowest BCUT2D eigenvalue weighted by Crippen LogP contribution is -2.19. The van der Waals surface area contributed by atoms with Gasteiger partial charge in [0.05, 0.1) is 10.4 Å². The van der Waals surface area contributed by atoms with Crippen LogP contribution in [0.5, 0.6) is 0 Å². The summed E-state index contributed by atoms with van der Waals surface area (Å²) < 4.78 is 1.75. The fourth-order valence-corrected chi connectivity index (χ4v) is 3.13. The van der Waals surface area contributed by atoms with Crippen molar-refractivity contribution in [2.75, 3.05) is 0 Å². The zero-order chi connectivity index (χ0) is 14.7. The summed E-state index contributed by atoms with van der Waals surface area (Å²) in [6.07, 6.45) is 1.14. The molecule has 0 amide bonds. The van der Waals surface area contributed by atoms with E-state index in [9.17, 15) is 9.59 Å². The molecule has 0 saturated heterocycles. The number of Topliss-reactive ketones (excluding diaryl/α,β-unsaturated/α-hetero) is 1. The zero-order valence-corrected chi connectivity index (χ0v) is 12.3. The summed E-state index contributed by atoms with van der Waals surface area (Å²) in [5, 5.41) is 2.95. The molecule has 0 aliphatic heterocycles. The minimum Gasteiger partial charge on any atom is -0.308 e. The molecule has 4 heteroatoms. The number of hydrogen-bond donors (Lipinski definition) is 0. The van der Waals surface area contributed by atoms with E-state index in [1.165, 1.54) is 11.3 Å². The average molecular weight is 297 g/mol. The van der Waals surface area contributed by atoms with Crippen LogP contribution in [0.1, 0.15) is 22.5 Å². The molecule has 0 aliphatic carbocycles. The Bertz CT molecular complexity index is 818. The third kappa shape index (κ3) is 2.95. The quantitative estimate of drug-likeness (QED) is 0.673. The molecule has 0 aliphatic rings. The lowest BCUT2D eigenvalue weighted by molar-refractivity contribution is 0.0982. The van der Waals surface area contributed by atoms with Crippen LogP contribution in [0.25, 0.3) is 10.9 Å². The zero-order valence-electron chi connectivity index (χ0n) is 11.5. The van der Waals surface area contributed by atoms with Gasteiger partial charge in [0.15, 0.2) is 5.78 Å². The first-order valence-corrected chi connectivity index (χ1v) is 7.79. The Kier molecular flexibility index (Phi) is 3.97. The van der Waals surface area contributed by atoms with Crippen molar-refractivity contribution in [2.45, 2.75) is 19.4 Å². The van der Waals surface area contributed by atoms with Crippen molar-refractivity contribution in [2.24, 2.45) is 0 Å². The second-order valence-electron chi connectivity index (χ2n) is 4.89. The molecular weight excluding hydrogens is 282 g/mol. The van der Waals surface area contributed by atoms with Gasteiger partial charge in [-0.05, 0) is 35.4 Å². The number of aromatic nitrogens is 1. The number of fused-ring (bicyclic) bond motifs is 1. The van der Waals surface area contributed by atoms with Crippen molar-refractivity contribution >= 4 is 28.0 Å². The minimum atomic E-state index is -0.0164. The maximum absolute atomic E-state index is 12.0. The monoisotopic (exact) mass is 297 g/mol. The maximum Gasteiger partial charge on any atom is 0.251 e. The average Bonchev–Trinajstić information content (AvgIpc) is 3.04. The van der Waals surface area contributed by atoms with Crippen LogP contribution < -0.4 is 5.56 Å². The van der Waals surface area contributed by atoms with E-state index in [4.69, 9.17) is 0 Å². The second-order valence-corrected chi connectivity index (χ2v) is 5.83. The Morgan fingerprint density at radius 1 is 1.05 bits per heavy atom. The first-order valence-electron chi connectivity index (χ1n) is 6.91. The predicted molar refractivity (Wildman–Crippen MR) is 86.1 cm³/mol. The Morgan fingerprint density at radius 3 is 2.71 bits per heavy atom. The molecule has 0 unspecified atom stereocenters. The largest absolute Gasteiger partial charge is 0.308 e. The van der Waals surface area contributed by atoms with E-state index in [2.05, 4.69) is 0 Å². The topological polar surface area (TPSA) is 39.1 Å². The molecule has 1 aromatic carbocycles. The highest BCUT2D eigenvalue weighted by molar-refractivity contribution is 7.12. The molecule has 3 aromatic rings. The molecule has 0 saturated carbocycles. The molecule has 0 atom stereocenters. The predicted octanol–water partition coefficient (Wildman–Crippen LogP) is 3.73. The van der Waals surface area contributed by atoms with Crippen molar-refractivity contribution in [3.05, 3.63) is 69.1 Å². The molecule has 0 spiro atoms. The van der Waals surface area contributed by atoms with Gasteiger partial charge in [-0.1, -0.05) is 24.3 Å². The number of carbonyl (C=O) groups is 1. The van der Waals surface area contributed by atoms with Crippen molar-refractivity contribution in [1.82, 2.24) is 4.57 Å². The number of rotatable bonds is 5. The number of ketones is 1. The minimum absolute atomic E-state index is 0.0164. The van der Waals surface area contributed by atoms with Crippen LogP contribution in [0.15, 0.2) is 58.7 Å². The smallest absolute Gasteiger partial charge is 0.251 e. The van der Waals surface area contributed by atoms with E-state index < -0.39 is 0 Å². The van der Waals surface area contributed by atoms with Gasteiger partial charge >= 0.3 is 0 Å². The van der Waals surface area contributed by atoms with Gasteiger partial charge in [-0.15, -0.1) is 11.3 Å². The summed E-state index contributed by atoms with van der Waals surface area (Å²) in [6.45, 7) is 0.567. The van der Waals surface area contributed by atoms with Crippen LogP contribution in [0.3, 0.4) is 0 Å². The molecule has 2 heterocycles. The van der Waals surface area contributed by atoms with E-state index in [0.717, 1.165) is 15.8 Å². The highest BCUT2D eigenvalue weighted by Crippen LogP contribution is 2.14. The Balaban J connectivity index is 1.75. The van der Waals surface area contributed by atoms with Crippen molar-refractivity contribution in [3.8, 4) is 0 Å². The number of thiophene rings is 1. The van der Waals surface area contributed by atoms with Crippen LogP contribution in [0, 0.1) is 0 Å². The highest BCUT2D eigenvalue weighted by Gasteiger charge is 2.08. The molecule has 3 rings (SSSR count). The molecular formula is C17H15NO2S. The maximum atomic E-state index is 12.0. The van der Waals surface area contributed by atoms with Crippen molar-refractivity contribution in [1.29, 1.82) is 0 Å². The molecule has 3 nitrogen and oxygen atoms in total. The van der Waals surface area contributed by atoms with Gasteiger partial charge in [0.1, 0.15) is 0 Å². The third-order valence-electron chi connectivity index (χ3n) is 3.48.